The first kappa shape index (κ1) is 26.0. The van der Waals surface area contributed by atoms with Crippen LogP contribution in [0.5, 0.6) is 0 Å². The molecule has 0 aliphatic heterocycles. The number of amides is 2. The van der Waals surface area contributed by atoms with Gasteiger partial charge in [0.2, 0.25) is 11.8 Å². The SMILES string of the molecule is CC(=O)N[C@@H](Cc1ccccc1)C(=O)N[C@@H](CC(C)C)C(=O)C[C@H](C=O)Cc1ccccc1. The molecule has 2 rings (SSSR count). The highest BCUT2D eigenvalue weighted by Gasteiger charge is 2.28. The lowest BCUT2D eigenvalue weighted by Crippen LogP contribution is -2.52. The second-order valence-corrected chi connectivity index (χ2v) is 8.89. The average molecular weight is 451 g/mol. The maximum atomic E-state index is 13.1. The normalized spacial score (nSPS) is 13.6. The van der Waals surface area contributed by atoms with Gasteiger partial charge in [0.25, 0.3) is 0 Å². The molecule has 2 aromatic rings. The van der Waals surface area contributed by atoms with Crippen LogP contribution in [0.2, 0.25) is 0 Å². The van der Waals surface area contributed by atoms with Crippen molar-refractivity contribution in [1.29, 1.82) is 0 Å². The molecule has 0 saturated carbocycles. The number of hydrogen-bond acceptors (Lipinski definition) is 4. The quantitative estimate of drug-likeness (QED) is 0.458. The van der Waals surface area contributed by atoms with E-state index >= 15 is 0 Å². The molecule has 0 aliphatic carbocycles. The smallest absolute Gasteiger partial charge is 0.243 e. The van der Waals surface area contributed by atoms with Crippen LogP contribution < -0.4 is 10.6 Å². The van der Waals surface area contributed by atoms with Gasteiger partial charge in [-0.2, -0.15) is 0 Å². The Morgan fingerprint density at radius 2 is 1.36 bits per heavy atom. The highest BCUT2D eigenvalue weighted by Crippen LogP contribution is 2.15. The molecule has 0 heterocycles. The predicted molar refractivity (Wildman–Crippen MR) is 128 cm³/mol. The van der Waals surface area contributed by atoms with Crippen LogP contribution in [0.25, 0.3) is 0 Å². The Kier molecular flexibility index (Phi) is 10.5. The number of rotatable bonds is 13. The first-order valence-corrected chi connectivity index (χ1v) is 11.4. The number of carbonyl (C=O) groups is 4. The van der Waals surface area contributed by atoms with Gasteiger partial charge in [-0.3, -0.25) is 14.4 Å². The third kappa shape index (κ3) is 9.39. The Morgan fingerprint density at radius 1 is 0.818 bits per heavy atom. The topological polar surface area (TPSA) is 92.3 Å². The van der Waals surface area contributed by atoms with E-state index in [1.807, 2.05) is 74.5 Å². The number of hydrogen-bond donors (Lipinski definition) is 2. The van der Waals surface area contributed by atoms with Crippen LogP contribution in [0.3, 0.4) is 0 Å². The van der Waals surface area contributed by atoms with E-state index < -0.39 is 23.9 Å². The van der Waals surface area contributed by atoms with E-state index in [2.05, 4.69) is 10.6 Å². The summed E-state index contributed by atoms with van der Waals surface area (Å²) >= 11 is 0. The standard InChI is InChI=1S/C27H34N2O4/c1-19(2)14-24(26(32)17-23(18-30)15-21-10-6-4-7-11-21)29-27(33)25(28-20(3)31)16-22-12-8-5-9-13-22/h4-13,18-19,23-25H,14-17H2,1-3H3,(H,28,31)(H,29,33)/t23-,24+,25+/m1/s1. The number of benzene rings is 2. The van der Waals surface area contributed by atoms with Crippen LogP contribution in [0.1, 0.15) is 44.7 Å². The second kappa shape index (κ2) is 13.3. The van der Waals surface area contributed by atoms with E-state index in [1.165, 1.54) is 6.92 Å². The minimum atomic E-state index is -0.793. The van der Waals surface area contributed by atoms with Crippen LogP contribution in [-0.4, -0.2) is 36.0 Å². The minimum Gasteiger partial charge on any atom is -0.344 e. The van der Waals surface area contributed by atoms with Crippen LogP contribution in [-0.2, 0) is 32.0 Å². The maximum Gasteiger partial charge on any atom is 0.243 e. The van der Waals surface area contributed by atoms with Crippen molar-refractivity contribution in [3.8, 4) is 0 Å². The van der Waals surface area contributed by atoms with E-state index in [0.29, 0.717) is 19.3 Å². The number of carbonyl (C=O) groups excluding carboxylic acids is 4. The van der Waals surface area contributed by atoms with Crippen molar-refractivity contribution >= 4 is 23.9 Å². The summed E-state index contributed by atoms with van der Waals surface area (Å²) in [6.45, 7) is 5.31. The van der Waals surface area contributed by atoms with E-state index in [4.69, 9.17) is 0 Å². The van der Waals surface area contributed by atoms with Gasteiger partial charge < -0.3 is 15.4 Å². The average Bonchev–Trinajstić information content (AvgIpc) is 2.78. The molecule has 2 N–H and O–H groups in total. The Bertz CT molecular complexity index is 912. The molecule has 0 bridgehead atoms. The van der Waals surface area contributed by atoms with Crippen LogP contribution in [0.4, 0.5) is 0 Å². The van der Waals surface area contributed by atoms with Crippen molar-refractivity contribution in [3.63, 3.8) is 0 Å². The first-order valence-electron chi connectivity index (χ1n) is 11.4. The van der Waals surface area contributed by atoms with Gasteiger partial charge in [0.15, 0.2) is 5.78 Å². The first-order chi connectivity index (χ1) is 15.8. The van der Waals surface area contributed by atoms with Crippen LogP contribution >= 0.6 is 0 Å². The van der Waals surface area contributed by atoms with E-state index in [1.54, 1.807) is 0 Å². The van der Waals surface area contributed by atoms with Gasteiger partial charge in [0, 0.05) is 25.7 Å². The van der Waals surface area contributed by atoms with Gasteiger partial charge in [-0.25, -0.2) is 0 Å². The summed E-state index contributed by atoms with van der Waals surface area (Å²) in [5, 5.41) is 5.54. The summed E-state index contributed by atoms with van der Waals surface area (Å²) in [7, 11) is 0. The summed E-state index contributed by atoms with van der Waals surface area (Å²) in [5.41, 5.74) is 1.89. The van der Waals surface area contributed by atoms with Gasteiger partial charge in [-0.05, 0) is 29.9 Å². The molecule has 2 amide bonds. The van der Waals surface area contributed by atoms with E-state index in [9.17, 15) is 19.2 Å². The molecule has 6 heteroatoms. The number of aldehydes is 1. The van der Waals surface area contributed by atoms with Gasteiger partial charge in [-0.1, -0.05) is 74.5 Å². The van der Waals surface area contributed by atoms with Crippen LogP contribution in [0.15, 0.2) is 60.7 Å². The Balaban J connectivity index is 2.10. The molecule has 0 aromatic heterocycles. The highest BCUT2D eigenvalue weighted by molar-refractivity contribution is 5.93. The van der Waals surface area contributed by atoms with Crippen molar-refractivity contribution in [1.82, 2.24) is 10.6 Å². The van der Waals surface area contributed by atoms with Gasteiger partial charge in [0.05, 0.1) is 6.04 Å². The zero-order valence-electron chi connectivity index (χ0n) is 19.6. The fourth-order valence-electron chi connectivity index (χ4n) is 3.80. The summed E-state index contributed by atoms with van der Waals surface area (Å²) in [6.07, 6.45) is 2.12. The van der Waals surface area contributed by atoms with Crippen molar-refractivity contribution in [2.24, 2.45) is 11.8 Å². The van der Waals surface area contributed by atoms with Crippen LogP contribution in [0, 0.1) is 11.8 Å². The molecule has 0 fully saturated rings. The molecule has 0 aliphatic rings. The lowest BCUT2D eigenvalue weighted by atomic mass is 9.90. The number of nitrogens with one attached hydrogen (secondary N) is 2. The molecule has 2 aromatic carbocycles. The molecule has 33 heavy (non-hydrogen) atoms. The largest absolute Gasteiger partial charge is 0.344 e. The monoisotopic (exact) mass is 450 g/mol. The van der Waals surface area contributed by atoms with Gasteiger partial charge in [-0.15, -0.1) is 0 Å². The second-order valence-electron chi connectivity index (χ2n) is 8.89. The minimum absolute atomic E-state index is 0.0551. The third-order valence-electron chi connectivity index (χ3n) is 5.39. The predicted octanol–water partition coefficient (Wildman–Crippen LogP) is 3.28. The molecular weight excluding hydrogens is 416 g/mol. The molecular formula is C27H34N2O4. The molecule has 0 spiro atoms. The third-order valence-corrected chi connectivity index (χ3v) is 5.39. The Morgan fingerprint density at radius 3 is 1.85 bits per heavy atom. The number of ketones is 1. The molecule has 176 valence electrons. The summed E-state index contributed by atoms with van der Waals surface area (Å²) < 4.78 is 0. The lowest BCUT2D eigenvalue weighted by Gasteiger charge is -2.24. The summed E-state index contributed by atoms with van der Waals surface area (Å²) in [5.74, 6) is -1.19. The molecule has 0 unspecified atom stereocenters. The molecule has 6 nitrogen and oxygen atoms in total. The van der Waals surface area contributed by atoms with Crippen molar-refractivity contribution in [2.75, 3.05) is 0 Å². The molecule has 0 radical (unpaired) electrons. The fourth-order valence-corrected chi connectivity index (χ4v) is 3.80. The fraction of sp³-hybridized carbons (Fsp3) is 0.407. The Labute approximate surface area is 196 Å². The highest BCUT2D eigenvalue weighted by atomic mass is 16.2. The maximum absolute atomic E-state index is 13.1. The van der Waals surface area contributed by atoms with Gasteiger partial charge in [0.1, 0.15) is 12.3 Å². The van der Waals surface area contributed by atoms with E-state index in [0.717, 1.165) is 17.4 Å². The van der Waals surface area contributed by atoms with Crippen molar-refractivity contribution < 1.29 is 19.2 Å². The number of Topliss-reactive ketones (excluding diaryl/α,β-unsaturated/α-hetero) is 1. The molecule has 3 atom stereocenters. The van der Waals surface area contributed by atoms with E-state index in [-0.39, 0.29) is 24.0 Å². The van der Waals surface area contributed by atoms with Gasteiger partial charge >= 0.3 is 0 Å². The van der Waals surface area contributed by atoms with Crippen molar-refractivity contribution in [3.05, 3.63) is 71.8 Å². The summed E-state index contributed by atoms with van der Waals surface area (Å²) in [4.78, 5) is 49.6. The zero-order valence-corrected chi connectivity index (χ0v) is 19.6. The molecule has 0 saturated heterocycles. The lowest BCUT2D eigenvalue weighted by molar-refractivity contribution is -0.132. The zero-order chi connectivity index (χ0) is 24.2. The Hall–Kier alpha value is -3.28. The van der Waals surface area contributed by atoms with Crippen molar-refractivity contribution in [2.45, 2.75) is 58.5 Å². The summed E-state index contributed by atoms with van der Waals surface area (Å²) in [6, 6.07) is 17.4.